The average Bonchev–Trinajstić information content (AvgIpc) is 2.96. The Hall–Kier alpha value is -4.05. The Bertz CT molecular complexity index is 1390. The van der Waals surface area contributed by atoms with Gasteiger partial charge in [-0.3, -0.25) is 13.9 Å². The molecule has 10 heteroatoms. The number of amides is 2. The summed E-state index contributed by atoms with van der Waals surface area (Å²) < 4.78 is 39.7. The second kappa shape index (κ2) is 13.8. The molecule has 0 heterocycles. The minimum Gasteiger partial charge on any atom is -0.497 e. The molecule has 40 heavy (non-hydrogen) atoms. The van der Waals surface area contributed by atoms with Gasteiger partial charge >= 0.3 is 0 Å². The fraction of sp³-hybridized carbons (Fsp3) is 0.333. The van der Waals surface area contributed by atoms with Gasteiger partial charge in [-0.1, -0.05) is 36.8 Å². The fourth-order valence-corrected chi connectivity index (χ4v) is 5.71. The highest BCUT2D eigenvalue weighted by Gasteiger charge is 2.33. The lowest BCUT2D eigenvalue weighted by Gasteiger charge is -2.33. The van der Waals surface area contributed by atoms with Gasteiger partial charge in [0.25, 0.3) is 10.0 Å². The molecule has 3 rings (SSSR count). The summed E-state index contributed by atoms with van der Waals surface area (Å²) in [6, 6.07) is 19.4. The zero-order valence-electron chi connectivity index (χ0n) is 23.6. The van der Waals surface area contributed by atoms with Gasteiger partial charge in [0.15, 0.2) is 0 Å². The van der Waals surface area contributed by atoms with E-state index in [4.69, 9.17) is 9.47 Å². The molecule has 3 aromatic rings. The Morgan fingerprint density at radius 1 is 0.950 bits per heavy atom. The van der Waals surface area contributed by atoms with Crippen LogP contribution in [-0.2, 0) is 26.2 Å². The SMILES string of the molecule is CCOc1ccc(S(=O)(=O)N(CC(=O)N(Cc2cccc(OC)c2)[C@@H](CC)C(=O)NC)c2ccc(C)cc2)cc1. The van der Waals surface area contributed by atoms with Crippen molar-refractivity contribution in [2.24, 2.45) is 0 Å². The van der Waals surface area contributed by atoms with Crippen LogP contribution in [0.1, 0.15) is 31.4 Å². The van der Waals surface area contributed by atoms with E-state index >= 15 is 0 Å². The van der Waals surface area contributed by atoms with Crippen LogP contribution in [0.2, 0.25) is 0 Å². The molecule has 1 atom stereocenters. The van der Waals surface area contributed by atoms with Crippen molar-refractivity contribution in [2.45, 2.75) is 44.7 Å². The lowest BCUT2D eigenvalue weighted by atomic mass is 10.1. The van der Waals surface area contributed by atoms with Crippen LogP contribution in [-0.4, -0.2) is 58.5 Å². The average molecular weight is 568 g/mol. The summed E-state index contributed by atoms with van der Waals surface area (Å²) in [5.41, 5.74) is 2.02. The van der Waals surface area contributed by atoms with Crippen molar-refractivity contribution >= 4 is 27.5 Å². The first-order chi connectivity index (χ1) is 19.1. The van der Waals surface area contributed by atoms with Crippen molar-refractivity contribution < 1.29 is 27.5 Å². The number of anilines is 1. The van der Waals surface area contributed by atoms with Crippen molar-refractivity contribution in [1.82, 2.24) is 10.2 Å². The maximum Gasteiger partial charge on any atom is 0.264 e. The number of ether oxygens (including phenoxy) is 2. The summed E-state index contributed by atoms with van der Waals surface area (Å²) in [5.74, 6) is 0.292. The van der Waals surface area contributed by atoms with E-state index < -0.39 is 28.5 Å². The first kappa shape index (κ1) is 30.5. The number of likely N-dealkylation sites (N-methyl/N-ethyl adjacent to an activating group) is 1. The molecule has 0 radical (unpaired) electrons. The van der Waals surface area contributed by atoms with E-state index in [1.165, 1.54) is 24.1 Å². The maximum atomic E-state index is 14.0. The topological polar surface area (TPSA) is 105 Å². The highest BCUT2D eigenvalue weighted by Crippen LogP contribution is 2.27. The third-order valence-corrected chi connectivity index (χ3v) is 8.23. The van der Waals surface area contributed by atoms with E-state index in [0.717, 1.165) is 15.4 Å². The van der Waals surface area contributed by atoms with Gasteiger partial charge in [0.1, 0.15) is 24.1 Å². The van der Waals surface area contributed by atoms with Crippen molar-refractivity contribution in [1.29, 1.82) is 0 Å². The van der Waals surface area contributed by atoms with Crippen LogP contribution in [0.25, 0.3) is 0 Å². The summed E-state index contributed by atoms with van der Waals surface area (Å²) in [5, 5.41) is 2.62. The highest BCUT2D eigenvalue weighted by atomic mass is 32.2. The van der Waals surface area contributed by atoms with Gasteiger partial charge in [-0.2, -0.15) is 0 Å². The monoisotopic (exact) mass is 567 g/mol. The Morgan fingerprint density at radius 2 is 1.62 bits per heavy atom. The zero-order chi connectivity index (χ0) is 29.3. The number of aryl methyl sites for hydroxylation is 1. The van der Waals surface area contributed by atoms with Crippen LogP contribution in [0.15, 0.2) is 77.7 Å². The molecule has 0 aromatic heterocycles. The third-order valence-electron chi connectivity index (χ3n) is 6.44. The fourth-order valence-electron chi connectivity index (χ4n) is 4.30. The van der Waals surface area contributed by atoms with Crippen LogP contribution in [0.4, 0.5) is 5.69 Å². The predicted molar refractivity (Wildman–Crippen MR) is 155 cm³/mol. The molecule has 9 nitrogen and oxygen atoms in total. The second-order valence-electron chi connectivity index (χ2n) is 9.16. The number of benzene rings is 3. The molecule has 0 bridgehead atoms. The van der Waals surface area contributed by atoms with Crippen LogP contribution in [0.3, 0.4) is 0 Å². The van der Waals surface area contributed by atoms with Crippen molar-refractivity contribution in [3.05, 3.63) is 83.9 Å². The standard InChI is InChI=1S/C30H37N3O6S/c1-6-28(30(35)31-4)32(20-23-9-8-10-26(19-23)38-5)29(34)21-33(24-13-11-22(3)12-14-24)40(36,37)27-17-15-25(16-18-27)39-7-2/h8-19,28H,6-7,20-21H2,1-5H3,(H,31,35)/t28-/m0/s1. The molecule has 2 amide bonds. The van der Waals surface area contributed by atoms with Gasteiger partial charge in [0.2, 0.25) is 11.8 Å². The summed E-state index contributed by atoms with van der Waals surface area (Å²) in [6.45, 7) is 5.58. The first-order valence-corrected chi connectivity index (χ1v) is 14.5. The summed E-state index contributed by atoms with van der Waals surface area (Å²) in [4.78, 5) is 28.2. The van der Waals surface area contributed by atoms with Crippen LogP contribution in [0, 0.1) is 6.92 Å². The van der Waals surface area contributed by atoms with E-state index in [2.05, 4.69) is 5.32 Å². The molecular weight excluding hydrogens is 530 g/mol. The van der Waals surface area contributed by atoms with Gasteiger partial charge in [-0.05, 0) is 74.4 Å². The van der Waals surface area contributed by atoms with Crippen LogP contribution < -0.4 is 19.1 Å². The van der Waals surface area contributed by atoms with Gasteiger partial charge < -0.3 is 19.7 Å². The third kappa shape index (κ3) is 7.32. The number of carbonyl (C=O) groups is 2. The van der Waals surface area contributed by atoms with E-state index in [-0.39, 0.29) is 17.3 Å². The molecule has 1 N–H and O–H groups in total. The molecule has 3 aromatic carbocycles. The summed E-state index contributed by atoms with van der Waals surface area (Å²) in [6.07, 6.45) is 0.339. The molecule has 0 spiro atoms. The number of rotatable bonds is 13. The van der Waals surface area contributed by atoms with Crippen molar-refractivity contribution in [3.8, 4) is 11.5 Å². The lowest BCUT2D eigenvalue weighted by molar-refractivity contribution is -0.140. The quantitative estimate of drug-likeness (QED) is 0.333. The Balaban J connectivity index is 2.04. The van der Waals surface area contributed by atoms with Gasteiger partial charge in [0.05, 0.1) is 24.3 Å². The second-order valence-corrected chi connectivity index (χ2v) is 11.0. The molecule has 0 aliphatic heterocycles. The number of methoxy groups -OCH3 is 1. The highest BCUT2D eigenvalue weighted by molar-refractivity contribution is 7.92. The van der Waals surface area contributed by atoms with Gasteiger partial charge in [-0.25, -0.2) is 8.42 Å². The van der Waals surface area contributed by atoms with Crippen LogP contribution in [0.5, 0.6) is 11.5 Å². The molecule has 0 aliphatic rings. The molecule has 0 saturated heterocycles. The molecule has 0 aliphatic carbocycles. The number of hydrogen-bond donors (Lipinski definition) is 1. The smallest absolute Gasteiger partial charge is 0.264 e. The predicted octanol–water partition coefficient (Wildman–Crippen LogP) is 4.15. The number of nitrogens with zero attached hydrogens (tertiary/aromatic N) is 2. The largest absolute Gasteiger partial charge is 0.497 e. The van der Waals surface area contributed by atoms with Gasteiger partial charge in [-0.15, -0.1) is 0 Å². The molecule has 0 saturated carbocycles. The van der Waals surface area contributed by atoms with Crippen molar-refractivity contribution in [2.75, 3.05) is 31.6 Å². The maximum absolute atomic E-state index is 14.0. The Labute approximate surface area is 236 Å². The van der Waals surface area contributed by atoms with E-state index in [1.807, 2.05) is 19.9 Å². The molecule has 214 valence electrons. The first-order valence-electron chi connectivity index (χ1n) is 13.1. The summed E-state index contributed by atoms with van der Waals surface area (Å²) in [7, 11) is -1.10. The Kier molecular flexibility index (Phi) is 10.6. The lowest BCUT2D eigenvalue weighted by Crippen LogP contribution is -2.51. The van der Waals surface area contributed by atoms with Crippen molar-refractivity contribution in [3.63, 3.8) is 0 Å². The van der Waals surface area contributed by atoms with E-state index in [1.54, 1.807) is 68.6 Å². The number of nitrogens with one attached hydrogen (secondary N) is 1. The minimum absolute atomic E-state index is 0.0158. The number of sulfonamides is 1. The molecule has 0 fully saturated rings. The van der Waals surface area contributed by atoms with E-state index in [9.17, 15) is 18.0 Å². The molecule has 0 unspecified atom stereocenters. The normalized spacial score (nSPS) is 11.8. The van der Waals surface area contributed by atoms with E-state index in [0.29, 0.717) is 30.2 Å². The van der Waals surface area contributed by atoms with Crippen LogP contribution >= 0.6 is 0 Å². The number of carbonyl (C=O) groups excluding carboxylic acids is 2. The molecular formula is C30H37N3O6S. The summed E-state index contributed by atoms with van der Waals surface area (Å²) >= 11 is 0. The number of hydrogen-bond acceptors (Lipinski definition) is 6. The zero-order valence-corrected chi connectivity index (χ0v) is 24.4. The minimum atomic E-state index is -4.16. The van der Waals surface area contributed by atoms with Gasteiger partial charge in [0, 0.05) is 13.6 Å². The Morgan fingerprint density at radius 3 is 2.20 bits per heavy atom.